The van der Waals surface area contributed by atoms with E-state index in [1.54, 1.807) is 0 Å². The molecule has 1 rings (SSSR count). The van der Waals surface area contributed by atoms with E-state index in [-0.39, 0.29) is 5.02 Å². The molecule has 7 heteroatoms. The molecular formula is C10H6ClFN2O3. The van der Waals surface area contributed by atoms with Gasteiger partial charge in [-0.05, 0) is 12.1 Å². The van der Waals surface area contributed by atoms with Crippen molar-refractivity contribution in [3.8, 4) is 0 Å². The molecule has 1 aromatic carbocycles. The second-order valence-electron chi connectivity index (χ2n) is 2.87. The number of ether oxygens (including phenoxy) is 1. The fourth-order valence-corrected chi connectivity index (χ4v) is 1.36. The Labute approximate surface area is 100 Å². The highest BCUT2D eigenvalue weighted by Gasteiger charge is 2.34. The van der Waals surface area contributed by atoms with Crippen molar-refractivity contribution in [2.75, 3.05) is 7.11 Å². The monoisotopic (exact) mass is 256 g/mol. The molecule has 0 amide bonds. The van der Waals surface area contributed by atoms with E-state index in [9.17, 15) is 14.0 Å². The summed E-state index contributed by atoms with van der Waals surface area (Å²) in [5.41, 5.74) is 7.05. The van der Waals surface area contributed by atoms with Crippen molar-refractivity contribution in [1.82, 2.24) is 0 Å². The summed E-state index contributed by atoms with van der Waals surface area (Å²) in [6.45, 7) is 0. The number of hydrogen-bond acceptors (Lipinski definition) is 3. The van der Waals surface area contributed by atoms with Gasteiger partial charge < -0.3 is 10.3 Å². The number of nitrogens with zero attached hydrogens (tertiary/aromatic N) is 2. The largest absolute Gasteiger partial charge is 0.460 e. The Bertz CT molecular complexity index is 518. The lowest BCUT2D eigenvalue weighted by Gasteiger charge is -2.00. The predicted octanol–water partition coefficient (Wildman–Crippen LogP) is 1.51. The van der Waals surface area contributed by atoms with Crippen molar-refractivity contribution in [2.24, 2.45) is 0 Å². The minimum Gasteiger partial charge on any atom is -0.460 e. The summed E-state index contributed by atoms with van der Waals surface area (Å²) in [5, 5.41) is -0.194. The molecule has 0 unspecified atom stereocenters. The Morgan fingerprint density at radius 2 is 2.12 bits per heavy atom. The number of ketones is 1. The number of benzene rings is 1. The van der Waals surface area contributed by atoms with E-state index in [1.807, 2.05) is 0 Å². The van der Waals surface area contributed by atoms with E-state index in [0.29, 0.717) is 0 Å². The van der Waals surface area contributed by atoms with E-state index < -0.39 is 28.8 Å². The summed E-state index contributed by atoms with van der Waals surface area (Å²) in [7, 11) is 0.990. The van der Waals surface area contributed by atoms with Crippen molar-refractivity contribution in [2.45, 2.75) is 0 Å². The quantitative estimate of drug-likeness (QED) is 0.205. The lowest BCUT2D eigenvalue weighted by Crippen LogP contribution is -2.27. The molecule has 88 valence electrons. The van der Waals surface area contributed by atoms with Crippen LogP contribution in [0.15, 0.2) is 18.2 Å². The van der Waals surface area contributed by atoms with Crippen LogP contribution in [0.3, 0.4) is 0 Å². The molecule has 0 aliphatic carbocycles. The summed E-state index contributed by atoms with van der Waals surface area (Å²) in [6.07, 6.45) is 0. The highest BCUT2D eigenvalue weighted by Crippen LogP contribution is 2.19. The smallest absolute Gasteiger partial charge is 0.446 e. The number of halogens is 2. The molecule has 0 heterocycles. The molecule has 0 atom stereocenters. The standard InChI is InChI=1S/C10H6ClFN2O3/c1-17-10(16)8(14-13)9(15)7-5(11)3-2-4-6(7)12/h2-4H,1H3. The second kappa shape index (κ2) is 5.34. The lowest BCUT2D eigenvalue weighted by molar-refractivity contribution is -0.137. The van der Waals surface area contributed by atoms with E-state index in [4.69, 9.17) is 17.1 Å². The van der Waals surface area contributed by atoms with E-state index in [1.165, 1.54) is 12.1 Å². The maximum Gasteiger partial charge on any atom is 0.446 e. The minimum absolute atomic E-state index is 0.194. The van der Waals surface area contributed by atoms with Gasteiger partial charge >= 0.3 is 11.7 Å². The second-order valence-corrected chi connectivity index (χ2v) is 3.27. The van der Waals surface area contributed by atoms with Gasteiger partial charge in [-0.25, -0.2) is 9.18 Å². The Hall–Kier alpha value is -2.04. The van der Waals surface area contributed by atoms with Crippen LogP contribution in [0.25, 0.3) is 5.53 Å². The SMILES string of the molecule is COC(=O)C(=[N+]=[N-])C(=O)c1c(F)cccc1Cl. The number of methoxy groups -OCH3 is 1. The Morgan fingerprint density at radius 3 is 2.59 bits per heavy atom. The van der Waals surface area contributed by atoms with Crippen LogP contribution in [0.1, 0.15) is 10.4 Å². The number of hydrogen-bond donors (Lipinski definition) is 0. The van der Waals surface area contributed by atoms with Gasteiger partial charge in [0.2, 0.25) is 0 Å². The third kappa shape index (κ3) is 2.55. The van der Waals surface area contributed by atoms with Crippen LogP contribution in [0.2, 0.25) is 5.02 Å². The van der Waals surface area contributed by atoms with E-state index in [2.05, 4.69) is 9.53 Å². The van der Waals surface area contributed by atoms with Crippen LogP contribution >= 0.6 is 11.6 Å². The van der Waals surface area contributed by atoms with Crippen LogP contribution in [0, 0.1) is 5.82 Å². The summed E-state index contributed by atoms with van der Waals surface area (Å²) >= 11 is 5.62. The topological polar surface area (TPSA) is 79.8 Å². The fourth-order valence-electron chi connectivity index (χ4n) is 1.11. The molecule has 0 fully saturated rings. The van der Waals surface area contributed by atoms with E-state index >= 15 is 0 Å². The normalized spacial score (nSPS) is 9.35. The van der Waals surface area contributed by atoms with Crippen LogP contribution in [0.4, 0.5) is 4.39 Å². The third-order valence-electron chi connectivity index (χ3n) is 1.88. The molecule has 0 radical (unpaired) electrons. The summed E-state index contributed by atoms with van der Waals surface area (Å²) in [4.78, 5) is 25.3. The molecule has 17 heavy (non-hydrogen) atoms. The first-order valence-corrected chi connectivity index (χ1v) is 4.69. The van der Waals surface area contributed by atoms with Crippen molar-refractivity contribution < 1.29 is 23.5 Å². The first-order valence-electron chi connectivity index (χ1n) is 4.32. The van der Waals surface area contributed by atoms with Crippen molar-refractivity contribution in [3.63, 3.8) is 0 Å². The minimum atomic E-state index is -1.18. The number of esters is 1. The van der Waals surface area contributed by atoms with Gasteiger partial charge in [-0.2, -0.15) is 4.79 Å². The van der Waals surface area contributed by atoms with Gasteiger partial charge in [-0.3, -0.25) is 4.79 Å². The van der Waals surface area contributed by atoms with Crippen LogP contribution in [0.5, 0.6) is 0 Å². The predicted molar refractivity (Wildman–Crippen MR) is 56.4 cm³/mol. The molecule has 5 nitrogen and oxygen atoms in total. The Balaban J connectivity index is 3.30. The van der Waals surface area contributed by atoms with Gasteiger partial charge in [-0.1, -0.05) is 17.7 Å². The molecule has 1 aromatic rings. The highest BCUT2D eigenvalue weighted by atomic mass is 35.5. The highest BCUT2D eigenvalue weighted by molar-refractivity contribution is 6.66. The zero-order chi connectivity index (χ0) is 13.0. The van der Waals surface area contributed by atoms with Crippen LogP contribution in [-0.2, 0) is 9.53 Å². The number of carbonyl (C=O) groups excluding carboxylic acids is 2. The number of rotatable bonds is 3. The molecule has 0 spiro atoms. The van der Waals surface area contributed by atoms with E-state index in [0.717, 1.165) is 13.2 Å². The molecule has 0 saturated heterocycles. The van der Waals surface area contributed by atoms with Crippen molar-refractivity contribution in [1.29, 1.82) is 0 Å². The zero-order valence-corrected chi connectivity index (χ0v) is 9.36. The van der Waals surface area contributed by atoms with Gasteiger partial charge in [-0.15, -0.1) is 0 Å². The zero-order valence-electron chi connectivity index (χ0n) is 8.61. The summed E-state index contributed by atoms with van der Waals surface area (Å²) in [5.74, 6) is -3.26. The van der Waals surface area contributed by atoms with Crippen LogP contribution < -0.4 is 0 Å². The molecule has 0 bridgehead atoms. The number of Topliss-reactive ketones (excluding diaryl/α,β-unsaturated/α-hetero) is 1. The van der Waals surface area contributed by atoms with Gasteiger partial charge in [0.15, 0.2) is 0 Å². The Kier molecular flexibility index (Phi) is 4.09. The van der Waals surface area contributed by atoms with Crippen LogP contribution in [-0.4, -0.2) is 29.4 Å². The average molecular weight is 257 g/mol. The summed E-state index contributed by atoms with van der Waals surface area (Å²) < 4.78 is 17.6. The summed E-state index contributed by atoms with van der Waals surface area (Å²) in [6, 6.07) is 3.55. The van der Waals surface area contributed by atoms with Gasteiger partial charge in [0.1, 0.15) is 5.82 Å². The number of carbonyl (C=O) groups is 2. The molecule has 0 N–H and O–H groups in total. The maximum atomic E-state index is 13.4. The third-order valence-corrected chi connectivity index (χ3v) is 2.20. The van der Waals surface area contributed by atoms with Gasteiger partial charge in [0.25, 0.3) is 5.78 Å². The fraction of sp³-hybridized carbons (Fsp3) is 0.100. The molecule has 0 aliphatic rings. The first kappa shape index (κ1) is 13.0. The maximum absolute atomic E-state index is 13.4. The van der Waals surface area contributed by atoms with Gasteiger partial charge in [0, 0.05) is 0 Å². The van der Waals surface area contributed by atoms with Crippen molar-refractivity contribution in [3.05, 3.63) is 40.1 Å². The molecule has 0 aromatic heterocycles. The average Bonchev–Trinajstić information content (AvgIpc) is 2.29. The first-order chi connectivity index (χ1) is 8.02. The molecular weight excluding hydrogens is 251 g/mol. The van der Waals surface area contributed by atoms with Crippen molar-refractivity contribution >= 4 is 29.1 Å². The lowest BCUT2D eigenvalue weighted by atomic mass is 10.1. The molecule has 0 aliphatic heterocycles. The van der Waals surface area contributed by atoms with Gasteiger partial charge in [0.05, 0.1) is 17.7 Å². The molecule has 0 saturated carbocycles. The Morgan fingerprint density at radius 1 is 1.47 bits per heavy atom.